The lowest BCUT2D eigenvalue weighted by atomic mass is 10.2. The van der Waals surface area contributed by atoms with Crippen LogP contribution < -0.4 is 5.32 Å². The van der Waals surface area contributed by atoms with E-state index >= 15 is 0 Å². The molecule has 0 spiro atoms. The van der Waals surface area contributed by atoms with Gasteiger partial charge in [0.05, 0.1) is 0 Å². The van der Waals surface area contributed by atoms with Crippen molar-refractivity contribution in [1.29, 1.82) is 0 Å². The van der Waals surface area contributed by atoms with Gasteiger partial charge in [0.2, 0.25) is 5.95 Å². The maximum absolute atomic E-state index is 12.0. The van der Waals surface area contributed by atoms with Gasteiger partial charge in [-0.25, -0.2) is 4.98 Å². The normalized spacial score (nSPS) is 12.1. The quantitative estimate of drug-likeness (QED) is 0.760. The Kier molecular flexibility index (Phi) is 5.50. The summed E-state index contributed by atoms with van der Waals surface area (Å²) in [6, 6.07) is 0. The Morgan fingerprint density at radius 3 is 2.67 bits per heavy atom. The number of halogens is 3. The zero-order valence-electron chi connectivity index (χ0n) is 10.8. The van der Waals surface area contributed by atoms with Crippen LogP contribution in [0, 0.1) is 5.92 Å². The molecule has 0 aromatic carbocycles. The van der Waals surface area contributed by atoms with Gasteiger partial charge in [0.25, 0.3) is 0 Å². The van der Waals surface area contributed by atoms with Crippen LogP contribution in [-0.4, -0.2) is 22.3 Å². The Morgan fingerprint density at radius 1 is 1.33 bits per heavy atom. The molecule has 1 aromatic rings. The fourth-order valence-corrected chi connectivity index (χ4v) is 1.56. The van der Waals surface area contributed by atoms with Crippen molar-refractivity contribution in [2.75, 3.05) is 11.9 Å². The second-order valence-electron chi connectivity index (χ2n) is 4.79. The number of rotatable bonds is 7. The first kappa shape index (κ1) is 14.9. The van der Waals surface area contributed by atoms with Crippen LogP contribution in [0.1, 0.15) is 33.1 Å². The second kappa shape index (κ2) is 6.66. The van der Waals surface area contributed by atoms with Crippen molar-refractivity contribution in [3.63, 3.8) is 0 Å². The minimum Gasteiger partial charge on any atom is -0.355 e. The van der Waals surface area contributed by atoms with Gasteiger partial charge in [-0.1, -0.05) is 13.8 Å². The van der Waals surface area contributed by atoms with E-state index < -0.39 is 12.6 Å². The summed E-state index contributed by atoms with van der Waals surface area (Å²) < 4.78 is 37.8. The molecule has 0 aliphatic rings. The number of aromatic nitrogens is 2. The summed E-state index contributed by atoms with van der Waals surface area (Å²) in [7, 11) is 0. The third-order valence-corrected chi connectivity index (χ3v) is 2.49. The molecule has 0 atom stereocenters. The highest BCUT2D eigenvalue weighted by molar-refractivity contribution is 5.25. The van der Waals surface area contributed by atoms with Gasteiger partial charge in [-0.15, -0.1) is 0 Å². The molecule has 104 valence electrons. The maximum Gasteiger partial charge on any atom is 0.389 e. The number of alkyl halides is 3. The van der Waals surface area contributed by atoms with Crippen molar-refractivity contribution >= 4 is 5.95 Å². The summed E-state index contributed by atoms with van der Waals surface area (Å²) >= 11 is 0. The monoisotopic (exact) mass is 263 g/mol. The zero-order valence-corrected chi connectivity index (χ0v) is 10.8. The Balaban J connectivity index is 2.32. The topological polar surface area (TPSA) is 29.9 Å². The van der Waals surface area contributed by atoms with Gasteiger partial charge in [-0.3, -0.25) is 0 Å². The smallest absolute Gasteiger partial charge is 0.355 e. The van der Waals surface area contributed by atoms with E-state index in [0.717, 1.165) is 12.5 Å². The molecule has 0 saturated heterocycles. The fraction of sp³-hybridized carbons (Fsp3) is 0.750. The Hall–Kier alpha value is -1.20. The second-order valence-corrected chi connectivity index (χ2v) is 4.79. The van der Waals surface area contributed by atoms with Crippen LogP contribution in [0.3, 0.4) is 0 Å². The van der Waals surface area contributed by atoms with E-state index in [0.29, 0.717) is 18.9 Å². The number of nitrogens with zero attached hydrogens (tertiary/aromatic N) is 2. The molecule has 0 fully saturated rings. The van der Waals surface area contributed by atoms with Crippen LogP contribution in [-0.2, 0) is 6.54 Å². The molecular weight excluding hydrogens is 243 g/mol. The van der Waals surface area contributed by atoms with Crippen LogP contribution >= 0.6 is 0 Å². The highest BCUT2D eigenvalue weighted by atomic mass is 19.4. The van der Waals surface area contributed by atoms with Crippen molar-refractivity contribution in [3.8, 4) is 0 Å². The van der Waals surface area contributed by atoms with E-state index in [4.69, 9.17) is 0 Å². The number of hydrogen-bond acceptors (Lipinski definition) is 2. The highest BCUT2D eigenvalue weighted by Gasteiger charge is 2.25. The Labute approximate surface area is 105 Å². The average Bonchev–Trinajstić information content (AvgIpc) is 2.67. The van der Waals surface area contributed by atoms with Crippen molar-refractivity contribution in [2.24, 2.45) is 5.92 Å². The molecule has 0 amide bonds. The molecule has 1 heterocycles. The standard InChI is InChI=1S/C12H20F3N3/c1-10(2)9-17-11-16-6-8-18(11)7-4-3-5-12(13,14)15/h6,8,10H,3-5,7,9H2,1-2H3,(H,16,17). The third kappa shape index (κ3) is 5.93. The number of hydrogen-bond donors (Lipinski definition) is 1. The fourth-order valence-electron chi connectivity index (χ4n) is 1.56. The van der Waals surface area contributed by atoms with Crippen LogP contribution in [0.25, 0.3) is 0 Å². The number of anilines is 1. The molecule has 6 heteroatoms. The van der Waals surface area contributed by atoms with Crippen LogP contribution in [0.4, 0.5) is 19.1 Å². The third-order valence-electron chi connectivity index (χ3n) is 2.49. The Morgan fingerprint density at radius 2 is 2.06 bits per heavy atom. The predicted octanol–water partition coefficient (Wildman–Crippen LogP) is 3.68. The Bertz CT molecular complexity index is 345. The summed E-state index contributed by atoms with van der Waals surface area (Å²) in [6.07, 6.45) is -0.649. The van der Waals surface area contributed by atoms with Gasteiger partial charge in [0.1, 0.15) is 0 Å². The van der Waals surface area contributed by atoms with Crippen molar-refractivity contribution in [3.05, 3.63) is 12.4 Å². The summed E-state index contributed by atoms with van der Waals surface area (Å²) in [6.45, 7) is 5.54. The largest absolute Gasteiger partial charge is 0.389 e. The lowest BCUT2D eigenvalue weighted by Gasteiger charge is -2.11. The van der Waals surface area contributed by atoms with Crippen LogP contribution in [0.5, 0.6) is 0 Å². The van der Waals surface area contributed by atoms with Gasteiger partial charge in [0.15, 0.2) is 0 Å². The van der Waals surface area contributed by atoms with Gasteiger partial charge in [-0.05, 0) is 18.8 Å². The molecule has 0 aliphatic heterocycles. The maximum atomic E-state index is 12.0. The number of unbranched alkanes of at least 4 members (excludes halogenated alkanes) is 1. The molecule has 0 bridgehead atoms. The molecule has 1 rings (SSSR count). The molecule has 1 aromatic heterocycles. The van der Waals surface area contributed by atoms with E-state index in [1.165, 1.54) is 0 Å². The van der Waals surface area contributed by atoms with E-state index in [-0.39, 0.29) is 6.42 Å². The van der Waals surface area contributed by atoms with E-state index in [1.54, 1.807) is 12.4 Å². The molecule has 18 heavy (non-hydrogen) atoms. The van der Waals surface area contributed by atoms with E-state index in [1.807, 2.05) is 4.57 Å². The molecule has 3 nitrogen and oxygen atoms in total. The number of aryl methyl sites for hydroxylation is 1. The molecule has 0 unspecified atom stereocenters. The minimum atomic E-state index is -4.05. The molecule has 0 aliphatic carbocycles. The highest BCUT2D eigenvalue weighted by Crippen LogP contribution is 2.22. The number of nitrogens with one attached hydrogen (secondary N) is 1. The zero-order chi connectivity index (χ0) is 13.6. The molecular formula is C12H20F3N3. The summed E-state index contributed by atoms with van der Waals surface area (Å²) in [5.74, 6) is 1.23. The predicted molar refractivity (Wildman–Crippen MR) is 65.5 cm³/mol. The molecule has 1 N–H and O–H groups in total. The average molecular weight is 263 g/mol. The van der Waals surface area contributed by atoms with Gasteiger partial charge in [0, 0.05) is 31.9 Å². The van der Waals surface area contributed by atoms with Crippen molar-refractivity contribution in [2.45, 2.75) is 45.8 Å². The van der Waals surface area contributed by atoms with Crippen LogP contribution in [0.2, 0.25) is 0 Å². The number of imidazole rings is 1. The van der Waals surface area contributed by atoms with Crippen molar-refractivity contribution in [1.82, 2.24) is 9.55 Å². The summed E-state index contributed by atoms with van der Waals surface area (Å²) in [5.41, 5.74) is 0. The summed E-state index contributed by atoms with van der Waals surface area (Å²) in [5, 5.41) is 3.18. The first-order valence-corrected chi connectivity index (χ1v) is 6.20. The minimum absolute atomic E-state index is 0.158. The van der Waals surface area contributed by atoms with Gasteiger partial charge >= 0.3 is 6.18 Å². The SMILES string of the molecule is CC(C)CNc1nccn1CCCCC(F)(F)F. The first-order valence-electron chi connectivity index (χ1n) is 6.20. The lowest BCUT2D eigenvalue weighted by molar-refractivity contribution is -0.135. The van der Waals surface area contributed by atoms with Crippen molar-refractivity contribution < 1.29 is 13.2 Å². The van der Waals surface area contributed by atoms with E-state index in [2.05, 4.69) is 24.1 Å². The molecule has 0 saturated carbocycles. The van der Waals surface area contributed by atoms with Gasteiger partial charge < -0.3 is 9.88 Å². The lowest BCUT2D eigenvalue weighted by Crippen LogP contribution is -2.13. The summed E-state index contributed by atoms with van der Waals surface area (Å²) in [4.78, 5) is 4.15. The first-order chi connectivity index (χ1) is 8.38. The van der Waals surface area contributed by atoms with Gasteiger partial charge in [-0.2, -0.15) is 13.2 Å². The van der Waals surface area contributed by atoms with Crippen LogP contribution in [0.15, 0.2) is 12.4 Å². The van der Waals surface area contributed by atoms with E-state index in [9.17, 15) is 13.2 Å². The molecule has 0 radical (unpaired) electrons.